The van der Waals surface area contributed by atoms with Crippen LogP contribution in [0.3, 0.4) is 0 Å². The molecule has 2 rings (SSSR count). The first kappa shape index (κ1) is 19.5. The van der Waals surface area contributed by atoms with Crippen molar-refractivity contribution in [1.29, 1.82) is 0 Å². The summed E-state index contributed by atoms with van der Waals surface area (Å²) in [4.78, 5) is 23.3. The monoisotopic (exact) mass is 364 g/mol. The normalized spacial score (nSPS) is 10.6. The van der Waals surface area contributed by atoms with Crippen molar-refractivity contribution in [3.05, 3.63) is 71.3 Å². The number of hydrogen-bond acceptors (Lipinski definition) is 5. The lowest BCUT2D eigenvalue weighted by Crippen LogP contribution is -2.20. The summed E-state index contributed by atoms with van der Waals surface area (Å²) in [5, 5.41) is 9.76. The van der Waals surface area contributed by atoms with Gasteiger partial charge in [-0.3, -0.25) is 9.59 Å². The van der Waals surface area contributed by atoms with Gasteiger partial charge in [0.25, 0.3) is 0 Å². The van der Waals surface area contributed by atoms with Gasteiger partial charge in [0.15, 0.2) is 0 Å². The quantitative estimate of drug-likeness (QED) is 0.729. The summed E-state index contributed by atoms with van der Waals surface area (Å²) in [5.74, 6) is -2.16. The van der Waals surface area contributed by atoms with Crippen LogP contribution < -0.4 is 0 Å². The Kier molecular flexibility index (Phi) is 7.23. The van der Waals surface area contributed by atoms with Gasteiger partial charge in [0, 0.05) is 0 Å². The van der Waals surface area contributed by atoms with Crippen LogP contribution in [-0.2, 0) is 32.3 Å². The third kappa shape index (κ3) is 6.98. The lowest BCUT2D eigenvalue weighted by atomic mass is 10.2. The predicted molar refractivity (Wildman–Crippen MR) is 87.6 cm³/mol. The van der Waals surface area contributed by atoms with E-state index in [1.165, 1.54) is 48.5 Å². The molecule has 0 aliphatic rings. The van der Waals surface area contributed by atoms with Crippen LogP contribution >= 0.6 is 0 Å². The SMILES string of the molecule is O=C(CC(O)CC(=O)OCc1ccc(F)cc1)OCc1ccc(F)cc1. The minimum absolute atomic E-state index is 0.0547. The number of carbonyl (C=O) groups excluding carboxylic acids is 2. The second-order valence-corrected chi connectivity index (χ2v) is 5.64. The molecule has 0 saturated heterocycles. The van der Waals surface area contributed by atoms with Gasteiger partial charge in [-0.25, -0.2) is 8.78 Å². The lowest BCUT2D eigenvalue weighted by Gasteiger charge is -2.11. The largest absolute Gasteiger partial charge is 0.461 e. The van der Waals surface area contributed by atoms with Crippen molar-refractivity contribution in [2.75, 3.05) is 0 Å². The number of halogens is 2. The van der Waals surface area contributed by atoms with Crippen LogP contribution in [0.25, 0.3) is 0 Å². The van der Waals surface area contributed by atoms with Crippen LogP contribution in [0.15, 0.2) is 48.5 Å². The highest BCUT2D eigenvalue weighted by Crippen LogP contribution is 2.09. The third-order valence-electron chi connectivity index (χ3n) is 3.43. The summed E-state index contributed by atoms with van der Waals surface area (Å²) in [6.45, 7) is -0.109. The first-order chi connectivity index (χ1) is 12.4. The van der Waals surface area contributed by atoms with E-state index in [0.29, 0.717) is 11.1 Å². The van der Waals surface area contributed by atoms with Crippen molar-refractivity contribution in [2.24, 2.45) is 0 Å². The van der Waals surface area contributed by atoms with Gasteiger partial charge in [0.2, 0.25) is 0 Å². The molecule has 0 aliphatic heterocycles. The molecule has 0 spiro atoms. The minimum Gasteiger partial charge on any atom is -0.461 e. The van der Waals surface area contributed by atoms with Gasteiger partial charge in [-0.1, -0.05) is 24.3 Å². The molecule has 0 amide bonds. The second-order valence-electron chi connectivity index (χ2n) is 5.64. The molecular formula is C19H18F2O5. The first-order valence-corrected chi connectivity index (χ1v) is 7.90. The van der Waals surface area contributed by atoms with Gasteiger partial charge in [0.05, 0.1) is 18.9 Å². The average Bonchev–Trinajstić information content (AvgIpc) is 2.60. The summed E-state index contributed by atoms with van der Waals surface area (Å²) in [5.41, 5.74) is 1.21. The fourth-order valence-electron chi connectivity index (χ4n) is 2.06. The summed E-state index contributed by atoms with van der Waals surface area (Å²) >= 11 is 0. The van der Waals surface area contributed by atoms with E-state index in [-0.39, 0.29) is 26.1 Å². The van der Waals surface area contributed by atoms with E-state index >= 15 is 0 Å². The average molecular weight is 364 g/mol. The highest BCUT2D eigenvalue weighted by atomic mass is 19.1. The number of ether oxygens (including phenoxy) is 2. The van der Waals surface area contributed by atoms with E-state index in [2.05, 4.69) is 0 Å². The van der Waals surface area contributed by atoms with Gasteiger partial charge in [-0.05, 0) is 35.4 Å². The predicted octanol–water partition coefficient (Wildman–Crippen LogP) is 2.89. The molecule has 0 saturated carbocycles. The zero-order valence-electron chi connectivity index (χ0n) is 13.9. The number of rotatable bonds is 8. The van der Waals surface area contributed by atoms with Gasteiger partial charge in [-0.15, -0.1) is 0 Å². The van der Waals surface area contributed by atoms with Crippen molar-refractivity contribution in [2.45, 2.75) is 32.2 Å². The Morgan fingerprint density at radius 3 is 1.46 bits per heavy atom. The van der Waals surface area contributed by atoms with E-state index in [1.807, 2.05) is 0 Å². The van der Waals surface area contributed by atoms with E-state index < -0.39 is 29.7 Å². The lowest BCUT2D eigenvalue weighted by molar-refractivity contribution is -0.150. The first-order valence-electron chi connectivity index (χ1n) is 7.90. The summed E-state index contributed by atoms with van der Waals surface area (Å²) in [6, 6.07) is 10.9. The number of hydrogen-bond donors (Lipinski definition) is 1. The topological polar surface area (TPSA) is 72.8 Å². The van der Waals surface area contributed by atoms with Crippen molar-refractivity contribution < 1.29 is 33.0 Å². The number of benzene rings is 2. The minimum atomic E-state index is -1.24. The highest BCUT2D eigenvalue weighted by Gasteiger charge is 2.17. The molecule has 2 aromatic carbocycles. The van der Waals surface area contributed by atoms with Crippen molar-refractivity contribution in [3.63, 3.8) is 0 Å². The fourth-order valence-corrected chi connectivity index (χ4v) is 2.06. The fraction of sp³-hybridized carbons (Fsp3) is 0.263. The molecule has 138 valence electrons. The smallest absolute Gasteiger partial charge is 0.308 e. The van der Waals surface area contributed by atoms with E-state index in [4.69, 9.17) is 9.47 Å². The molecule has 7 heteroatoms. The van der Waals surface area contributed by atoms with Crippen LogP contribution in [-0.4, -0.2) is 23.1 Å². The maximum absolute atomic E-state index is 12.8. The summed E-state index contributed by atoms with van der Waals surface area (Å²) in [6.07, 6.45) is -1.98. The maximum Gasteiger partial charge on any atom is 0.308 e. The second kappa shape index (κ2) is 9.62. The molecule has 0 bridgehead atoms. The molecule has 0 heterocycles. The Morgan fingerprint density at radius 2 is 1.12 bits per heavy atom. The van der Waals surface area contributed by atoms with E-state index in [9.17, 15) is 23.5 Å². The standard InChI is InChI=1S/C19H18F2O5/c20-15-5-1-13(2-6-15)11-25-18(23)9-17(22)10-19(24)26-12-14-3-7-16(21)8-4-14/h1-8,17,22H,9-12H2. The Labute approximate surface area is 149 Å². The van der Waals surface area contributed by atoms with E-state index in [0.717, 1.165) is 0 Å². The molecular weight excluding hydrogens is 346 g/mol. The molecule has 0 unspecified atom stereocenters. The molecule has 1 N–H and O–H groups in total. The molecule has 0 fully saturated rings. The Morgan fingerprint density at radius 1 is 0.769 bits per heavy atom. The zero-order chi connectivity index (χ0) is 18.9. The van der Waals surface area contributed by atoms with Crippen LogP contribution in [0.5, 0.6) is 0 Å². The van der Waals surface area contributed by atoms with Crippen molar-refractivity contribution in [3.8, 4) is 0 Å². The number of esters is 2. The van der Waals surface area contributed by atoms with Crippen LogP contribution in [0, 0.1) is 11.6 Å². The number of aliphatic hydroxyl groups is 1. The highest BCUT2D eigenvalue weighted by molar-refractivity contribution is 5.73. The van der Waals surface area contributed by atoms with Crippen LogP contribution in [0.4, 0.5) is 8.78 Å². The number of carbonyl (C=O) groups is 2. The molecule has 26 heavy (non-hydrogen) atoms. The zero-order valence-corrected chi connectivity index (χ0v) is 13.9. The Balaban J connectivity index is 1.67. The molecule has 0 aliphatic carbocycles. The Bertz CT molecular complexity index is 665. The van der Waals surface area contributed by atoms with Gasteiger partial charge in [-0.2, -0.15) is 0 Å². The van der Waals surface area contributed by atoms with Crippen molar-refractivity contribution in [1.82, 2.24) is 0 Å². The number of aliphatic hydroxyl groups excluding tert-OH is 1. The van der Waals surface area contributed by atoms with Gasteiger partial charge < -0.3 is 14.6 Å². The Hall–Kier alpha value is -2.80. The van der Waals surface area contributed by atoms with E-state index in [1.54, 1.807) is 0 Å². The molecule has 0 aromatic heterocycles. The third-order valence-corrected chi connectivity index (χ3v) is 3.43. The maximum atomic E-state index is 12.8. The van der Waals surface area contributed by atoms with Gasteiger partial charge in [0.1, 0.15) is 24.8 Å². The summed E-state index contributed by atoms with van der Waals surface area (Å²) in [7, 11) is 0. The molecule has 2 aromatic rings. The molecule has 5 nitrogen and oxygen atoms in total. The van der Waals surface area contributed by atoms with Crippen LogP contribution in [0.2, 0.25) is 0 Å². The summed E-state index contributed by atoms with van der Waals surface area (Å²) < 4.78 is 35.4. The van der Waals surface area contributed by atoms with Crippen LogP contribution in [0.1, 0.15) is 24.0 Å². The molecule has 0 atom stereocenters. The van der Waals surface area contributed by atoms with Gasteiger partial charge >= 0.3 is 11.9 Å². The van der Waals surface area contributed by atoms with Crippen molar-refractivity contribution >= 4 is 11.9 Å². The molecule has 0 radical (unpaired) electrons.